The van der Waals surface area contributed by atoms with Crippen molar-refractivity contribution in [2.75, 3.05) is 13.1 Å². The number of furan rings is 1. The van der Waals surface area contributed by atoms with E-state index in [1.807, 2.05) is 12.3 Å². The molecule has 1 aliphatic heterocycles. The highest BCUT2D eigenvalue weighted by Gasteiger charge is 2.42. The van der Waals surface area contributed by atoms with Gasteiger partial charge in [0.2, 0.25) is 0 Å². The lowest BCUT2D eigenvalue weighted by Crippen LogP contribution is -2.48. The molecular formula is C15H16F2N2O2S. The summed E-state index contributed by atoms with van der Waals surface area (Å²) in [7, 11) is 0. The molecule has 4 nitrogen and oxygen atoms in total. The van der Waals surface area contributed by atoms with Crippen molar-refractivity contribution < 1.29 is 18.0 Å². The number of amides is 1. The second kappa shape index (κ2) is 5.46. The van der Waals surface area contributed by atoms with Crippen molar-refractivity contribution >= 4 is 17.2 Å². The van der Waals surface area contributed by atoms with Crippen molar-refractivity contribution in [3.05, 3.63) is 28.3 Å². The zero-order chi connectivity index (χ0) is 15.9. The third-order valence-corrected chi connectivity index (χ3v) is 4.71. The third kappa shape index (κ3) is 2.77. The highest BCUT2D eigenvalue weighted by Crippen LogP contribution is 2.34. The maximum absolute atomic E-state index is 13.5. The first-order valence-corrected chi connectivity index (χ1v) is 7.93. The van der Waals surface area contributed by atoms with Crippen molar-refractivity contribution in [2.45, 2.75) is 26.2 Å². The van der Waals surface area contributed by atoms with Gasteiger partial charge in [-0.1, -0.05) is 6.92 Å². The first-order valence-electron chi connectivity index (χ1n) is 7.05. The summed E-state index contributed by atoms with van der Waals surface area (Å²) in [6.45, 7) is 3.48. The van der Waals surface area contributed by atoms with Crippen molar-refractivity contribution in [2.24, 2.45) is 5.92 Å². The molecule has 0 saturated carbocycles. The monoisotopic (exact) mass is 326 g/mol. The molecule has 0 radical (unpaired) electrons. The Hall–Kier alpha value is -1.76. The first-order chi connectivity index (χ1) is 10.4. The van der Waals surface area contributed by atoms with Gasteiger partial charge < -0.3 is 9.32 Å². The Kier molecular flexibility index (Phi) is 3.76. The number of halogens is 2. The third-order valence-electron chi connectivity index (χ3n) is 3.94. The highest BCUT2D eigenvalue weighted by molar-refractivity contribution is 7.09. The van der Waals surface area contributed by atoms with Crippen molar-refractivity contribution in [1.82, 2.24) is 9.88 Å². The molecule has 1 unspecified atom stereocenters. The number of aromatic nitrogens is 1. The van der Waals surface area contributed by atoms with Gasteiger partial charge in [0.25, 0.3) is 11.8 Å². The minimum Gasteiger partial charge on any atom is -0.462 e. The van der Waals surface area contributed by atoms with Gasteiger partial charge in [0, 0.05) is 30.8 Å². The predicted octanol–water partition coefficient (Wildman–Crippen LogP) is 3.83. The van der Waals surface area contributed by atoms with Crippen LogP contribution >= 0.6 is 11.3 Å². The topological polar surface area (TPSA) is 46.3 Å². The Morgan fingerprint density at radius 3 is 2.95 bits per heavy atom. The van der Waals surface area contributed by atoms with Gasteiger partial charge in [-0.3, -0.25) is 4.79 Å². The number of rotatable bonds is 2. The second-order valence-electron chi connectivity index (χ2n) is 5.61. The number of carbonyl (C=O) groups excluding carboxylic acids is 1. The van der Waals surface area contributed by atoms with E-state index in [4.69, 9.17) is 4.42 Å². The van der Waals surface area contributed by atoms with Crippen molar-refractivity contribution in [3.63, 3.8) is 0 Å². The molecule has 1 fully saturated rings. The molecule has 3 heterocycles. The van der Waals surface area contributed by atoms with Crippen LogP contribution < -0.4 is 0 Å². The smallest absolute Gasteiger partial charge is 0.257 e. The van der Waals surface area contributed by atoms with Gasteiger partial charge in [0.05, 0.1) is 10.6 Å². The van der Waals surface area contributed by atoms with Gasteiger partial charge in [0.1, 0.15) is 12.0 Å². The first kappa shape index (κ1) is 15.1. The molecular weight excluding hydrogens is 310 g/mol. The normalized spacial score (nSPS) is 21.1. The van der Waals surface area contributed by atoms with Crippen LogP contribution in [0.3, 0.4) is 0 Å². The van der Waals surface area contributed by atoms with E-state index in [9.17, 15) is 13.6 Å². The molecule has 2 aromatic heterocycles. The van der Waals surface area contributed by atoms with Crippen LogP contribution in [0, 0.1) is 12.8 Å². The van der Waals surface area contributed by atoms with Crippen LogP contribution in [0.25, 0.3) is 11.5 Å². The number of hydrogen-bond acceptors (Lipinski definition) is 4. The number of carbonyl (C=O) groups is 1. The lowest BCUT2D eigenvalue weighted by Gasteiger charge is -2.36. The number of likely N-dealkylation sites (tertiary alicyclic amines) is 1. The van der Waals surface area contributed by atoms with E-state index < -0.39 is 11.8 Å². The quantitative estimate of drug-likeness (QED) is 0.842. The van der Waals surface area contributed by atoms with E-state index >= 15 is 0 Å². The molecule has 1 aliphatic rings. The molecule has 0 N–H and O–H groups in total. The Labute approximate surface area is 130 Å². The van der Waals surface area contributed by atoms with E-state index in [0.29, 0.717) is 17.0 Å². The van der Waals surface area contributed by atoms with Crippen LogP contribution in [0.1, 0.15) is 28.7 Å². The van der Waals surface area contributed by atoms with Gasteiger partial charge in [-0.25, -0.2) is 13.8 Å². The van der Waals surface area contributed by atoms with E-state index in [2.05, 4.69) is 4.98 Å². The molecule has 22 heavy (non-hydrogen) atoms. The molecule has 2 aromatic rings. The fourth-order valence-corrected chi connectivity index (χ4v) is 3.11. The van der Waals surface area contributed by atoms with Gasteiger partial charge in [-0.2, -0.15) is 0 Å². The summed E-state index contributed by atoms with van der Waals surface area (Å²) in [5.74, 6) is -3.29. The van der Waals surface area contributed by atoms with Crippen molar-refractivity contribution in [1.29, 1.82) is 0 Å². The van der Waals surface area contributed by atoms with Crippen molar-refractivity contribution in [3.8, 4) is 11.5 Å². The molecule has 0 bridgehead atoms. The number of nitrogens with zero attached hydrogens (tertiary/aromatic N) is 2. The van der Waals surface area contributed by atoms with E-state index in [0.717, 1.165) is 5.01 Å². The Morgan fingerprint density at radius 1 is 1.55 bits per heavy atom. The zero-order valence-electron chi connectivity index (χ0n) is 12.3. The molecule has 1 amide bonds. The maximum atomic E-state index is 13.5. The van der Waals surface area contributed by atoms with E-state index in [-0.39, 0.29) is 25.4 Å². The minimum absolute atomic E-state index is 0.0577. The average Bonchev–Trinajstić information content (AvgIpc) is 3.09. The fraction of sp³-hybridized carbons (Fsp3) is 0.467. The lowest BCUT2D eigenvalue weighted by molar-refractivity contribution is -0.0921. The van der Waals surface area contributed by atoms with Crippen LogP contribution in [0.5, 0.6) is 0 Å². The van der Waals surface area contributed by atoms with Gasteiger partial charge in [-0.15, -0.1) is 11.3 Å². The maximum Gasteiger partial charge on any atom is 0.257 e. The molecule has 118 valence electrons. The minimum atomic E-state index is -2.70. The van der Waals surface area contributed by atoms with E-state index in [1.165, 1.54) is 29.4 Å². The summed E-state index contributed by atoms with van der Waals surface area (Å²) in [6, 6.07) is 1.62. The van der Waals surface area contributed by atoms with Gasteiger partial charge in [-0.05, 0) is 13.0 Å². The molecule has 1 atom stereocenters. The Morgan fingerprint density at radius 2 is 2.32 bits per heavy atom. The largest absolute Gasteiger partial charge is 0.462 e. The number of aryl methyl sites for hydroxylation is 1. The van der Waals surface area contributed by atoms with Crippen LogP contribution in [-0.4, -0.2) is 34.8 Å². The SMILES string of the molecule is Cc1nc(-c2cc(C(=O)N3CCC(F)(F)C(C)C3)co2)cs1. The fourth-order valence-electron chi connectivity index (χ4n) is 2.51. The predicted molar refractivity (Wildman–Crippen MR) is 79.2 cm³/mol. The number of thiazole rings is 1. The van der Waals surface area contributed by atoms with Gasteiger partial charge in [0.15, 0.2) is 5.76 Å². The van der Waals surface area contributed by atoms with E-state index in [1.54, 1.807) is 6.07 Å². The molecule has 7 heteroatoms. The van der Waals surface area contributed by atoms with Crippen LogP contribution in [0.2, 0.25) is 0 Å². The summed E-state index contributed by atoms with van der Waals surface area (Å²) in [5, 5.41) is 2.76. The lowest BCUT2D eigenvalue weighted by atomic mass is 9.95. The Bertz CT molecular complexity index is 695. The molecule has 0 spiro atoms. The molecule has 0 aliphatic carbocycles. The summed E-state index contributed by atoms with van der Waals surface area (Å²) < 4.78 is 32.4. The number of hydrogen-bond donors (Lipinski definition) is 0. The van der Waals surface area contributed by atoms with Gasteiger partial charge >= 0.3 is 0 Å². The summed E-state index contributed by atoms with van der Waals surface area (Å²) >= 11 is 1.50. The Balaban J connectivity index is 1.75. The van der Waals surface area contributed by atoms with Crippen LogP contribution in [0.15, 0.2) is 22.1 Å². The molecule has 0 aromatic carbocycles. The highest BCUT2D eigenvalue weighted by atomic mass is 32.1. The average molecular weight is 326 g/mol. The number of piperidine rings is 1. The molecule has 3 rings (SSSR count). The summed E-state index contributed by atoms with van der Waals surface area (Å²) in [4.78, 5) is 18.2. The van der Waals surface area contributed by atoms with Crippen LogP contribution in [-0.2, 0) is 0 Å². The van der Waals surface area contributed by atoms with Crippen LogP contribution in [0.4, 0.5) is 8.78 Å². The summed E-state index contributed by atoms with van der Waals surface area (Å²) in [5.41, 5.74) is 1.05. The number of alkyl halides is 2. The second-order valence-corrected chi connectivity index (χ2v) is 6.68. The standard InChI is InChI=1S/C15H16F2N2O2S/c1-9-6-19(4-3-15(9,16)17)14(20)11-5-13(21-7-11)12-8-22-10(2)18-12/h5,7-9H,3-4,6H2,1-2H3. The summed E-state index contributed by atoms with van der Waals surface area (Å²) in [6.07, 6.45) is 1.07. The zero-order valence-corrected chi connectivity index (χ0v) is 13.1. The molecule has 1 saturated heterocycles.